The van der Waals surface area contributed by atoms with Gasteiger partial charge in [-0.25, -0.2) is 0 Å². The number of benzene rings is 1. The number of aliphatic hydroxyl groups is 1. The largest absolute Gasteiger partial charge is 0.389 e. The molecule has 1 aliphatic heterocycles. The number of primary amides is 1. The summed E-state index contributed by atoms with van der Waals surface area (Å²) < 4.78 is 0. The number of likely N-dealkylation sites (tertiary alicyclic amines) is 1. The summed E-state index contributed by atoms with van der Waals surface area (Å²) in [7, 11) is 0. The minimum absolute atomic E-state index is 0.366. The van der Waals surface area contributed by atoms with E-state index in [9.17, 15) is 9.90 Å². The minimum Gasteiger partial charge on any atom is -0.389 e. The molecule has 1 amide bonds. The number of fused-ring (bicyclic) bond motifs is 1. The van der Waals surface area contributed by atoms with Gasteiger partial charge in [0, 0.05) is 19.1 Å². The van der Waals surface area contributed by atoms with Gasteiger partial charge in [-0.2, -0.15) is 0 Å². The summed E-state index contributed by atoms with van der Waals surface area (Å²) in [6, 6.07) is 9.27. The van der Waals surface area contributed by atoms with Gasteiger partial charge < -0.3 is 10.8 Å². The van der Waals surface area contributed by atoms with Gasteiger partial charge >= 0.3 is 0 Å². The Hall–Kier alpha value is -1.39. The van der Waals surface area contributed by atoms with Gasteiger partial charge in [-0.05, 0) is 49.7 Å². The van der Waals surface area contributed by atoms with E-state index in [-0.39, 0.29) is 5.91 Å². The molecule has 4 nitrogen and oxygen atoms in total. The molecule has 0 aromatic heterocycles. The summed E-state index contributed by atoms with van der Waals surface area (Å²) in [6.07, 6.45) is 5.33. The minimum atomic E-state index is -0.913. The van der Waals surface area contributed by atoms with E-state index >= 15 is 0 Å². The second-order valence-corrected chi connectivity index (χ2v) is 7.17. The van der Waals surface area contributed by atoms with Crippen LogP contribution in [-0.2, 0) is 17.6 Å². The van der Waals surface area contributed by atoms with E-state index in [2.05, 4.69) is 29.2 Å². The summed E-state index contributed by atoms with van der Waals surface area (Å²) in [5.74, 6) is -0.785. The maximum Gasteiger partial charge on any atom is 0.223 e. The summed E-state index contributed by atoms with van der Waals surface area (Å²) in [5.41, 5.74) is 7.52. The van der Waals surface area contributed by atoms with Gasteiger partial charge in [-0.15, -0.1) is 0 Å². The smallest absolute Gasteiger partial charge is 0.223 e. The molecule has 0 radical (unpaired) electrons. The molecular formula is C19H28N2O2. The first-order chi connectivity index (χ1) is 11.0. The van der Waals surface area contributed by atoms with Crippen molar-refractivity contribution in [2.75, 3.05) is 13.1 Å². The lowest BCUT2D eigenvalue weighted by atomic mass is 9.76. The summed E-state index contributed by atoms with van der Waals surface area (Å²) in [6.45, 7) is 3.64. The van der Waals surface area contributed by atoms with Crippen LogP contribution >= 0.6 is 0 Å². The zero-order valence-electron chi connectivity index (χ0n) is 14.0. The molecule has 4 heteroatoms. The van der Waals surface area contributed by atoms with E-state index in [4.69, 9.17) is 5.73 Å². The lowest BCUT2D eigenvalue weighted by Gasteiger charge is -2.45. The first-order valence-corrected chi connectivity index (χ1v) is 8.86. The number of nitrogens with two attached hydrogens (primary N) is 1. The molecule has 0 saturated carbocycles. The fourth-order valence-electron chi connectivity index (χ4n) is 4.46. The number of hydrogen-bond donors (Lipinski definition) is 2. The molecule has 1 fully saturated rings. The number of carbonyl (C=O) groups is 1. The number of piperidine rings is 1. The molecule has 1 heterocycles. The highest BCUT2D eigenvalue weighted by atomic mass is 16.3. The zero-order valence-corrected chi connectivity index (χ0v) is 14.0. The Morgan fingerprint density at radius 2 is 2.00 bits per heavy atom. The van der Waals surface area contributed by atoms with Crippen LogP contribution < -0.4 is 5.73 Å². The molecular weight excluding hydrogens is 288 g/mol. The third-order valence-electron chi connectivity index (χ3n) is 5.90. The van der Waals surface area contributed by atoms with Gasteiger partial charge in [0.25, 0.3) is 0 Å². The van der Waals surface area contributed by atoms with Crippen LogP contribution in [0.3, 0.4) is 0 Å². The Balaban J connectivity index is 1.63. The molecule has 3 rings (SSSR count). The van der Waals surface area contributed by atoms with Crippen LogP contribution in [-0.4, -0.2) is 40.6 Å². The van der Waals surface area contributed by atoms with Crippen molar-refractivity contribution in [2.45, 2.75) is 57.1 Å². The topological polar surface area (TPSA) is 66.6 Å². The highest BCUT2D eigenvalue weighted by Crippen LogP contribution is 2.34. The zero-order chi connectivity index (χ0) is 16.4. The van der Waals surface area contributed by atoms with E-state index in [1.807, 2.05) is 6.92 Å². The maximum absolute atomic E-state index is 11.6. The van der Waals surface area contributed by atoms with E-state index in [1.165, 1.54) is 17.5 Å². The molecule has 0 spiro atoms. The van der Waals surface area contributed by atoms with E-state index in [0.29, 0.717) is 25.3 Å². The van der Waals surface area contributed by atoms with Gasteiger partial charge in [-0.3, -0.25) is 9.69 Å². The molecule has 0 bridgehead atoms. The normalized spacial score (nSPS) is 25.6. The highest BCUT2D eigenvalue weighted by Gasteiger charge is 2.42. The Labute approximate surface area is 138 Å². The number of aryl methyl sites for hydroxylation is 1. The van der Waals surface area contributed by atoms with Crippen LogP contribution in [0.1, 0.15) is 43.7 Å². The Kier molecular flexibility index (Phi) is 4.74. The summed E-state index contributed by atoms with van der Waals surface area (Å²) >= 11 is 0. The predicted octanol–water partition coefficient (Wildman–Crippen LogP) is 1.88. The molecule has 23 heavy (non-hydrogen) atoms. The van der Waals surface area contributed by atoms with Gasteiger partial charge in [-0.1, -0.05) is 31.2 Å². The first-order valence-electron chi connectivity index (χ1n) is 8.86. The number of amides is 1. The van der Waals surface area contributed by atoms with Gasteiger partial charge in [0.15, 0.2) is 0 Å². The van der Waals surface area contributed by atoms with Gasteiger partial charge in [0.05, 0.1) is 11.5 Å². The maximum atomic E-state index is 11.6. The van der Waals surface area contributed by atoms with Crippen LogP contribution in [0.4, 0.5) is 0 Å². The standard InChI is InChI=1S/C19H28N2O2/c1-2-17(18(20)22)19(23)9-11-21(12-10-19)16-8-7-14-5-3-4-6-15(14)13-16/h3-6,16-17,23H,2,7-13H2,1H3,(H2,20,22). The van der Waals surface area contributed by atoms with Crippen molar-refractivity contribution in [2.24, 2.45) is 11.7 Å². The lowest BCUT2D eigenvalue weighted by Crippen LogP contribution is -2.54. The fraction of sp³-hybridized carbons (Fsp3) is 0.632. The third kappa shape index (κ3) is 3.29. The Bertz CT molecular complexity index is 564. The quantitative estimate of drug-likeness (QED) is 0.891. The third-order valence-corrected chi connectivity index (χ3v) is 5.90. The number of nitrogens with zero attached hydrogens (tertiary/aromatic N) is 1. The first kappa shape index (κ1) is 16.5. The molecule has 126 valence electrons. The summed E-state index contributed by atoms with van der Waals surface area (Å²) in [4.78, 5) is 14.1. The van der Waals surface area contributed by atoms with Crippen molar-refractivity contribution in [1.82, 2.24) is 4.90 Å². The predicted molar refractivity (Wildman–Crippen MR) is 91.0 cm³/mol. The number of carbonyl (C=O) groups excluding carboxylic acids is 1. The molecule has 1 aromatic rings. The van der Waals surface area contributed by atoms with E-state index in [1.54, 1.807) is 0 Å². The van der Waals surface area contributed by atoms with Crippen LogP contribution in [0.15, 0.2) is 24.3 Å². The van der Waals surface area contributed by atoms with Crippen molar-refractivity contribution in [3.05, 3.63) is 35.4 Å². The molecule has 1 saturated heterocycles. The lowest BCUT2D eigenvalue weighted by molar-refractivity contribution is -0.137. The van der Waals surface area contributed by atoms with Crippen LogP contribution in [0.2, 0.25) is 0 Å². The molecule has 2 unspecified atom stereocenters. The monoisotopic (exact) mass is 316 g/mol. The number of hydrogen-bond acceptors (Lipinski definition) is 3. The number of rotatable bonds is 4. The Morgan fingerprint density at radius 3 is 2.61 bits per heavy atom. The van der Waals surface area contributed by atoms with Crippen LogP contribution in [0.5, 0.6) is 0 Å². The van der Waals surface area contributed by atoms with E-state index < -0.39 is 11.5 Å². The van der Waals surface area contributed by atoms with Crippen molar-refractivity contribution < 1.29 is 9.90 Å². The molecule has 1 aromatic carbocycles. The average molecular weight is 316 g/mol. The van der Waals surface area contributed by atoms with Crippen molar-refractivity contribution in [3.8, 4) is 0 Å². The molecule has 2 atom stereocenters. The Morgan fingerprint density at radius 1 is 1.35 bits per heavy atom. The fourth-order valence-corrected chi connectivity index (χ4v) is 4.46. The van der Waals surface area contributed by atoms with Crippen LogP contribution in [0.25, 0.3) is 0 Å². The second kappa shape index (κ2) is 6.62. The van der Waals surface area contributed by atoms with Gasteiger partial charge in [0.1, 0.15) is 0 Å². The van der Waals surface area contributed by atoms with E-state index in [0.717, 1.165) is 25.9 Å². The average Bonchev–Trinajstić information content (AvgIpc) is 2.55. The van der Waals surface area contributed by atoms with Crippen LogP contribution in [0, 0.1) is 5.92 Å². The van der Waals surface area contributed by atoms with Crippen molar-refractivity contribution in [3.63, 3.8) is 0 Å². The van der Waals surface area contributed by atoms with Crippen molar-refractivity contribution in [1.29, 1.82) is 0 Å². The summed E-state index contributed by atoms with van der Waals surface area (Å²) in [5, 5.41) is 10.8. The van der Waals surface area contributed by atoms with Gasteiger partial charge in [0.2, 0.25) is 5.91 Å². The molecule has 1 aliphatic carbocycles. The molecule has 2 aliphatic rings. The SMILES string of the molecule is CCC(C(N)=O)C1(O)CCN(C2CCc3ccccc3C2)CC1. The second-order valence-electron chi connectivity index (χ2n) is 7.17. The van der Waals surface area contributed by atoms with Crippen molar-refractivity contribution >= 4 is 5.91 Å². The highest BCUT2D eigenvalue weighted by molar-refractivity contribution is 5.77. The molecule has 3 N–H and O–H groups in total.